The number of nitrogens with one attached hydrogen (secondary N) is 4. The quantitative estimate of drug-likeness (QED) is 0.491. The minimum absolute atomic E-state index is 0.0967. The second-order valence-electron chi connectivity index (χ2n) is 6.49. The lowest BCUT2D eigenvalue weighted by Crippen LogP contribution is -3.27. The first-order valence-electron chi connectivity index (χ1n) is 8.32. The monoisotopic (exact) mass is 410 g/mol. The summed E-state index contributed by atoms with van der Waals surface area (Å²) in [5.74, 6) is -0.598. The van der Waals surface area contributed by atoms with Crippen LogP contribution in [0.25, 0.3) is 10.9 Å². The molecule has 1 amide bonds. The standard InChI is InChI=1S/C17H21BrN4O3/c1-21-5-7-22(8-6-21)10-14(23)20-15-12-9-11(18)3-4-13(12)19-16(15)17(24)25-2/h3-4,9,19H,5-8,10H2,1-2H3,(H,20,23)/p+2. The fourth-order valence-corrected chi connectivity index (χ4v) is 3.53. The number of halogens is 1. The van der Waals surface area contributed by atoms with E-state index < -0.39 is 5.97 Å². The summed E-state index contributed by atoms with van der Waals surface area (Å²) in [6.45, 7) is 4.48. The van der Waals surface area contributed by atoms with Gasteiger partial charge < -0.3 is 24.8 Å². The number of H-pyrrole nitrogens is 1. The topological polar surface area (TPSA) is 80.1 Å². The molecule has 3 rings (SSSR count). The van der Waals surface area contributed by atoms with Crippen LogP contribution >= 0.6 is 15.9 Å². The van der Waals surface area contributed by atoms with Gasteiger partial charge in [-0.3, -0.25) is 4.79 Å². The summed E-state index contributed by atoms with van der Waals surface area (Å²) in [4.78, 5) is 30.4. The van der Waals surface area contributed by atoms with Crippen LogP contribution in [-0.2, 0) is 9.53 Å². The zero-order valence-corrected chi connectivity index (χ0v) is 16.0. The van der Waals surface area contributed by atoms with E-state index in [1.54, 1.807) is 0 Å². The van der Waals surface area contributed by atoms with Gasteiger partial charge >= 0.3 is 5.97 Å². The average molecular weight is 411 g/mol. The highest BCUT2D eigenvalue weighted by atomic mass is 79.9. The highest BCUT2D eigenvalue weighted by Crippen LogP contribution is 2.30. The molecule has 0 bridgehead atoms. The summed E-state index contributed by atoms with van der Waals surface area (Å²) in [7, 11) is 3.50. The molecule has 8 heteroatoms. The first-order valence-corrected chi connectivity index (χ1v) is 9.11. The third kappa shape index (κ3) is 4.02. The second kappa shape index (κ2) is 7.55. The van der Waals surface area contributed by atoms with Gasteiger partial charge in [0.25, 0.3) is 5.91 Å². The maximum Gasteiger partial charge on any atom is 0.356 e. The summed E-state index contributed by atoms with van der Waals surface area (Å²) < 4.78 is 5.71. The molecule has 1 saturated heterocycles. The smallest absolute Gasteiger partial charge is 0.356 e. The molecule has 1 aromatic heterocycles. The Morgan fingerprint density at radius 2 is 2.00 bits per heavy atom. The van der Waals surface area contributed by atoms with Crippen LogP contribution in [0, 0.1) is 0 Å². The van der Waals surface area contributed by atoms with E-state index in [9.17, 15) is 9.59 Å². The van der Waals surface area contributed by atoms with Gasteiger partial charge in [0.05, 0.1) is 19.8 Å². The second-order valence-corrected chi connectivity index (χ2v) is 7.40. The fourth-order valence-electron chi connectivity index (χ4n) is 3.17. The van der Waals surface area contributed by atoms with E-state index in [0.717, 1.165) is 41.6 Å². The van der Waals surface area contributed by atoms with Crippen molar-refractivity contribution >= 4 is 44.4 Å². The molecule has 0 radical (unpaired) electrons. The van der Waals surface area contributed by atoms with Gasteiger partial charge in [-0.15, -0.1) is 0 Å². The number of ether oxygens (including phenoxy) is 1. The van der Waals surface area contributed by atoms with Gasteiger partial charge in [0.15, 0.2) is 6.54 Å². The van der Waals surface area contributed by atoms with E-state index in [1.807, 2.05) is 18.2 Å². The van der Waals surface area contributed by atoms with Crippen LogP contribution < -0.4 is 15.1 Å². The number of carbonyl (C=O) groups is 2. The van der Waals surface area contributed by atoms with Crippen LogP contribution in [0.15, 0.2) is 22.7 Å². The summed E-state index contributed by atoms with van der Waals surface area (Å²) in [5.41, 5.74) is 1.52. The average Bonchev–Trinajstić information content (AvgIpc) is 2.94. The van der Waals surface area contributed by atoms with Gasteiger partial charge in [-0.05, 0) is 18.2 Å². The minimum Gasteiger partial charge on any atom is -0.464 e. The first-order chi connectivity index (χ1) is 12.0. The van der Waals surface area contributed by atoms with E-state index in [-0.39, 0.29) is 11.6 Å². The van der Waals surface area contributed by atoms with Crippen LogP contribution in [-0.4, -0.2) is 63.7 Å². The molecule has 0 aliphatic carbocycles. The number of amides is 1. The number of quaternary nitrogens is 2. The molecule has 0 unspecified atom stereocenters. The molecule has 4 N–H and O–H groups in total. The van der Waals surface area contributed by atoms with Gasteiger partial charge in [0.1, 0.15) is 31.9 Å². The molecule has 1 fully saturated rings. The minimum atomic E-state index is -0.502. The van der Waals surface area contributed by atoms with Crippen molar-refractivity contribution in [1.82, 2.24) is 4.98 Å². The van der Waals surface area contributed by atoms with Crippen molar-refractivity contribution in [3.63, 3.8) is 0 Å². The van der Waals surface area contributed by atoms with Gasteiger partial charge in [0, 0.05) is 15.4 Å². The Balaban J connectivity index is 1.82. The lowest BCUT2D eigenvalue weighted by atomic mass is 10.2. The Bertz CT molecular complexity index is 797. The summed E-state index contributed by atoms with van der Waals surface area (Å²) >= 11 is 3.43. The number of methoxy groups -OCH3 is 1. The molecule has 0 spiro atoms. The molecular weight excluding hydrogens is 388 g/mol. The number of likely N-dealkylation sites (N-methyl/N-ethyl adjacent to an activating group) is 1. The van der Waals surface area contributed by atoms with Gasteiger partial charge in [-0.1, -0.05) is 15.9 Å². The van der Waals surface area contributed by atoms with Crippen molar-refractivity contribution in [3.05, 3.63) is 28.4 Å². The summed E-state index contributed by atoms with van der Waals surface area (Å²) in [5, 5.41) is 3.69. The number of benzene rings is 1. The number of aromatic nitrogens is 1. The first kappa shape index (κ1) is 17.9. The lowest BCUT2D eigenvalue weighted by molar-refractivity contribution is -0.999. The van der Waals surface area contributed by atoms with Crippen LogP contribution in [0.5, 0.6) is 0 Å². The number of esters is 1. The third-order valence-corrected chi connectivity index (χ3v) is 5.13. The number of anilines is 1. The molecule has 2 heterocycles. The van der Waals surface area contributed by atoms with E-state index in [4.69, 9.17) is 4.74 Å². The van der Waals surface area contributed by atoms with Crippen molar-refractivity contribution in [3.8, 4) is 0 Å². The molecular formula is C17H23BrN4O3+2. The van der Waals surface area contributed by atoms with Crippen molar-refractivity contribution < 1.29 is 24.1 Å². The Kier molecular flexibility index (Phi) is 5.41. The molecule has 0 atom stereocenters. The highest BCUT2D eigenvalue weighted by Gasteiger charge is 2.25. The largest absolute Gasteiger partial charge is 0.464 e. The Labute approximate surface area is 154 Å². The van der Waals surface area contributed by atoms with Crippen LogP contribution in [0.2, 0.25) is 0 Å². The predicted molar refractivity (Wildman–Crippen MR) is 98.2 cm³/mol. The van der Waals surface area contributed by atoms with E-state index in [2.05, 4.69) is 33.3 Å². The maximum absolute atomic E-state index is 12.5. The van der Waals surface area contributed by atoms with Crippen LogP contribution in [0.1, 0.15) is 10.5 Å². The Hall–Kier alpha value is -1.90. The van der Waals surface area contributed by atoms with Gasteiger partial charge in [0.2, 0.25) is 0 Å². The molecule has 0 saturated carbocycles. The number of fused-ring (bicyclic) bond motifs is 1. The molecule has 7 nitrogen and oxygen atoms in total. The third-order valence-electron chi connectivity index (χ3n) is 4.64. The number of piperazine rings is 1. The molecule has 2 aromatic rings. The Morgan fingerprint density at radius 3 is 2.68 bits per heavy atom. The zero-order chi connectivity index (χ0) is 18.0. The summed E-state index contributed by atoms with van der Waals surface area (Å²) in [6, 6.07) is 5.61. The number of hydrogen-bond donors (Lipinski definition) is 4. The fraction of sp³-hybridized carbons (Fsp3) is 0.412. The lowest BCUT2D eigenvalue weighted by Gasteiger charge is -2.26. The number of carbonyl (C=O) groups excluding carboxylic acids is 2. The Morgan fingerprint density at radius 1 is 1.28 bits per heavy atom. The summed E-state index contributed by atoms with van der Waals surface area (Å²) in [6.07, 6.45) is 0. The van der Waals surface area contributed by atoms with Gasteiger partial charge in [-0.25, -0.2) is 4.79 Å². The van der Waals surface area contributed by atoms with Crippen LogP contribution in [0.3, 0.4) is 0 Å². The SMILES string of the molecule is COC(=O)c1[nH]c2ccc(Br)cc2c1NC(=O)C[NH+]1CC[NH+](C)CC1. The van der Waals surface area contributed by atoms with Crippen molar-refractivity contribution in [1.29, 1.82) is 0 Å². The maximum atomic E-state index is 12.5. The predicted octanol–water partition coefficient (Wildman–Crippen LogP) is -0.931. The van der Waals surface area contributed by atoms with E-state index >= 15 is 0 Å². The zero-order valence-electron chi connectivity index (χ0n) is 14.4. The highest BCUT2D eigenvalue weighted by molar-refractivity contribution is 9.10. The normalized spacial score (nSPS) is 20.4. The molecule has 134 valence electrons. The number of aromatic amines is 1. The van der Waals surface area contributed by atoms with Crippen LogP contribution in [0.4, 0.5) is 5.69 Å². The number of rotatable bonds is 4. The van der Waals surface area contributed by atoms with E-state index in [1.165, 1.54) is 16.9 Å². The van der Waals surface area contributed by atoms with Crippen molar-refractivity contribution in [2.24, 2.45) is 0 Å². The molecule has 1 aliphatic heterocycles. The number of hydrogen-bond acceptors (Lipinski definition) is 3. The van der Waals surface area contributed by atoms with Crippen molar-refractivity contribution in [2.75, 3.05) is 52.2 Å². The van der Waals surface area contributed by atoms with E-state index in [0.29, 0.717) is 12.2 Å². The van der Waals surface area contributed by atoms with Gasteiger partial charge in [-0.2, -0.15) is 0 Å². The molecule has 25 heavy (non-hydrogen) atoms. The van der Waals surface area contributed by atoms with Crippen molar-refractivity contribution in [2.45, 2.75) is 0 Å². The molecule has 1 aromatic carbocycles. The molecule has 1 aliphatic rings.